The van der Waals surface area contributed by atoms with Gasteiger partial charge in [-0.15, -0.1) is 0 Å². The van der Waals surface area contributed by atoms with Gasteiger partial charge in [0.15, 0.2) is 0 Å². The minimum absolute atomic E-state index is 0.569. The summed E-state index contributed by atoms with van der Waals surface area (Å²) in [6, 6.07) is 0.569. The minimum Gasteiger partial charge on any atom is -0.382 e. The molecule has 1 N–H and O–H groups in total. The highest BCUT2D eigenvalue weighted by Crippen LogP contribution is 2.25. The molecular formula is C17H31N3O. The number of ether oxygens (including phenoxy) is 1. The number of imidazole rings is 1. The summed E-state index contributed by atoms with van der Waals surface area (Å²) in [7, 11) is 0. The predicted molar refractivity (Wildman–Crippen MR) is 87.7 cm³/mol. The van der Waals surface area contributed by atoms with Gasteiger partial charge < -0.3 is 14.6 Å². The smallest absolute Gasteiger partial charge is 0.203 e. The molecule has 0 amide bonds. The normalized spacial score (nSPS) is 23.0. The minimum atomic E-state index is 0.569. The molecule has 21 heavy (non-hydrogen) atoms. The quantitative estimate of drug-likeness (QED) is 0.610. The topological polar surface area (TPSA) is 39.1 Å². The summed E-state index contributed by atoms with van der Waals surface area (Å²) in [6.07, 6.45) is 9.89. The van der Waals surface area contributed by atoms with E-state index in [0.717, 1.165) is 43.7 Å². The monoisotopic (exact) mass is 293 g/mol. The maximum Gasteiger partial charge on any atom is 0.203 e. The Morgan fingerprint density at radius 3 is 2.95 bits per heavy atom. The average Bonchev–Trinajstić information content (AvgIpc) is 2.68. The van der Waals surface area contributed by atoms with Crippen molar-refractivity contribution in [2.24, 2.45) is 5.92 Å². The highest BCUT2D eigenvalue weighted by Gasteiger charge is 2.21. The van der Waals surface area contributed by atoms with Crippen molar-refractivity contribution in [2.75, 3.05) is 18.5 Å². The molecule has 1 aliphatic rings. The van der Waals surface area contributed by atoms with Crippen LogP contribution in [-0.2, 0) is 11.3 Å². The van der Waals surface area contributed by atoms with E-state index in [2.05, 4.69) is 34.9 Å². The van der Waals surface area contributed by atoms with Crippen molar-refractivity contribution in [3.63, 3.8) is 0 Å². The van der Waals surface area contributed by atoms with Crippen LogP contribution in [-0.4, -0.2) is 28.8 Å². The zero-order chi connectivity index (χ0) is 15.1. The number of aromatic nitrogens is 2. The van der Waals surface area contributed by atoms with Gasteiger partial charge in [-0.05, 0) is 39.0 Å². The summed E-state index contributed by atoms with van der Waals surface area (Å²) in [5.74, 6) is 1.78. The van der Waals surface area contributed by atoms with Crippen LogP contribution in [0.1, 0.15) is 58.1 Å². The average molecular weight is 293 g/mol. The lowest BCUT2D eigenvalue weighted by atomic mass is 9.97. The molecule has 1 aliphatic carbocycles. The van der Waals surface area contributed by atoms with E-state index in [1.807, 2.05) is 6.92 Å². The van der Waals surface area contributed by atoms with Crippen molar-refractivity contribution in [3.8, 4) is 0 Å². The summed E-state index contributed by atoms with van der Waals surface area (Å²) >= 11 is 0. The van der Waals surface area contributed by atoms with Gasteiger partial charge in [0.1, 0.15) is 0 Å². The van der Waals surface area contributed by atoms with Crippen molar-refractivity contribution in [2.45, 2.75) is 71.9 Å². The van der Waals surface area contributed by atoms with E-state index in [9.17, 15) is 0 Å². The molecule has 0 aromatic carbocycles. The molecule has 120 valence electrons. The molecule has 0 saturated heterocycles. The first-order valence-corrected chi connectivity index (χ1v) is 8.58. The Hall–Kier alpha value is -1.03. The molecule has 1 aromatic heterocycles. The molecule has 1 saturated carbocycles. The molecule has 2 rings (SSSR count). The molecule has 2 atom stereocenters. The van der Waals surface area contributed by atoms with E-state index in [1.54, 1.807) is 0 Å². The Morgan fingerprint density at radius 2 is 2.14 bits per heavy atom. The van der Waals surface area contributed by atoms with Gasteiger partial charge in [-0.3, -0.25) is 0 Å². The second kappa shape index (κ2) is 8.42. The van der Waals surface area contributed by atoms with Gasteiger partial charge in [0.05, 0.1) is 5.69 Å². The Morgan fingerprint density at radius 1 is 1.33 bits per heavy atom. The fraction of sp³-hybridized carbons (Fsp3) is 0.824. The van der Waals surface area contributed by atoms with Crippen molar-refractivity contribution in [1.82, 2.24) is 9.55 Å². The zero-order valence-electron chi connectivity index (χ0n) is 13.9. The Bertz CT molecular complexity index is 416. The first kappa shape index (κ1) is 16.3. The van der Waals surface area contributed by atoms with Gasteiger partial charge in [-0.2, -0.15) is 0 Å². The molecule has 4 heteroatoms. The maximum atomic E-state index is 5.43. The van der Waals surface area contributed by atoms with Gasteiger partial charge in [-0.1, -0.05) is 26.2 Å². The van der Waals surface area contributed by atoms with E-state index < -0.39 is 0 Å². The molecule has 0 spiro atoms. The summed E-state index contributed by atoms with van der Waals surface area (Å²) in [4.78, 5) is 4.68. The third kappa shape index (κ3) is 5.03. The number of nitrogens with zero attached hydrogens (tertiary/aromatic N) is 2. The van der Waals surface area contributed by atoms with Crippen LogP contribution in [0.3, 0.4) is 0 Å². The van der Waals surface area contributed by atoms with Crippen LogP contribution in [0, 0.1) is 12.8 Å². The van der Waals surface area contributed by atoms with Crippen LogP contribution in [0.5, 0.6) is 0 Å². The maximum absolute atomic E-state index is 5.43. The van der Waals surface area contributed by atoms with Gasteiger partial charge in [-0.25, -0.2) is 4.98 Å². The predicted octanol–water partition coefficient (Wildman–Crippen LogP) is 4.00. The number of aryl methyl sites for hydroxylation is 2. The number of hydrogen-bond acceptors (Lipinski definition) is 3. The molecule has 1 aromatic rings. The first-order valence-electron chi connectivity index (χ1n) is 8.58. The third-order valence-corrected chi connectivity index (χ3v) is 4.46. The fourth-order valence-electron chi connectivity index (χ4n) is 3.19. The summed E-state index contributed by atoms with van der Waals surface area (Å²) < 4.78 is 7.69. The highest BCUT2D eigenvalue weighted by atomic mass is 16.5. The first-order chi connectivity index (χ1) is 10.2. The molecule has 2 unspecified atom stereocenters. The number of anilines is 1. The third-order valence-electron chi connectivity index (χ3n) is 4.46. The van der Waals surface area contributed by atoms with Crippen LogP contribution in [0.15, 0.2) is 6.20 Å². The zero-order valence-corrected chi connectivity index (χ0v) is 13.9. The van der Waals surface area contributed by atoms with Crippen molar-refractivity contribution in [1.29, 1.82) is 0 Å². The van der Waals surface area contributed by atoms with Crippen LogP contribution in [0.2, 0.25) is 0 Å². The van der Waals surface area contributed by atoms with Crippen LogP contribution >= 0.6 is 0 Å². The lowest BCUT2D eigenvalue weighted by Gasteiger charge is -2.23. The largest absolute Gasteiger partial charge is 0.382 e. The molecule has 0 radical (unpaired) electrons. The summed E-state index contributed by atoms with van der Waals surface area (Å²) in [5.41, 5.74) is 1.09. The van der Waals surface area contributed by atoms with Crippen LogP contribution in [0.4, 0.5) is 5.95 Å². The fourth-order valence-corrected chi connectivity index (χ4v) is 3.19. The molecule has 4 nitrogen and oxygen atoms in total. The van der Waals surface area contributed by atoms with Crippen LogP contribution < -0.4 is 5.32 Å². The Labute approximate surface area is 129 Å². The number of rotatable bonds is 7. The molecule has 1 heterocycles. The van der Waals surface area contributed by atoms with Crippen molar-refractivity contribution in [3.05, 3.63) is 11.9 Å². The van der Waals surface area contributed by atoms with E-state index in [0.29, 0.717) is 6.04 Å². The molecular weight excluding hydrogens is 262 g/mol. The second-order valence-electron chi connectivity index (χ2n) is 6.32. The molecule has 0 bridgehead atoms. The van der Waals surface area contributed by atoms with Gasteiger partial charge in [0.25, 0.3) is 0 Å². The standard InChI is InChI=1S/C17H31N3O/c1-4-21-12-8-11-20-13-15(3)18-17(20)19-16-10-7-5-6-9-14(16)2/h13-14,16H,4-12H2,1-3H3,(H,18,19). The van der Waals surface area contributed by atoms with E-state index in [4.69, 9.17) is 4.74 Å². The van der Waals surface area contributed by atoms with Gasteiger partial charge in [0.2, 0.25) is 5.95 Å². The lowest BCUT2D eigenvalue weighted by molar-refractivity contribution is 0.142. The summed E-state index contributed by atoms with van der Waals surface area (Å²) in [5, 5.41) is 3.71. The van der Waals surface area contributed by atoms with Crippen molar-refractivity contribution < 1.29 is 4.74 Å². The second-order valence-corrected chi connectivity index (χ2v) is 6.32. The summed E-state index contributed by atoms with van der Waals surface area (Å²) in [6.45, 7) is 9.09. The van der Waals surface area contributed by atoms with Gasteiger partial charge >= 0.3 is 0 Å². The number of hydrogen-bond donors (Lipinski definition) is 1. The highest BCUT2D eigenvalue weighted by molar-refractivity contribution is 5.30. The van der Waals surface area contributed by atoms with E-state index in [1.165, 1.54) is 32.1 Å². The SMILES string of the molecule is CCOCCCn1cc(C)nc1NC1CCCCCC1C. The Kier molecular flexibility index (Phi) is 6.55. The van der Waals surface area contributed by atoms with E-state index >= 15 is 0 Å². The van der Waals surface area contributed by atoms with Crippen molar-refractivity contribution >= 4 is 5.95 Å². The lowest BCUT2D eigenvalue weighted by Crippen LogP contribution is -2.28. The van der Waals surface area contributed by atoms with Gasteiger partial charge in [0, 0.05) is 32.0 Å². The van der Waals surface area contributed by atoms with E-state index in [-0.39, 0.29) is 0 Å². The molecule has 1 fully saturated rings. The molecule has 0 aliphatic heterocycles. The number of nitrogens with one attached hydrogen (secondary N) is 1. The Balaban J connectivity index is 1.94. The van der Waals surface area contributed by atoms with Crippen LogP contribution in [0.25, 0.3) is 0 Å².